The molecule has 0 aliphatic carbocycles. The number of methoxy groups -OCH3 is 1. The van der Waals surface area contributed by atoms with Gasteiger partial charge in [-0.1, -0.05) is 0 Å². The zero-order chi connectivity index (χ0) is 13.8. The number of hydrogen-bond donors (Lipinski definition) is 0. The Morgan fingerprint density at radius 2 is 2.26 bits per heavy atom. The summed E-state index contributed by atoms with van der Waals surface area (Å²) in [5.74, 6) is -0.479. The molecule has 0 aromatic carbocycles. The van der Waals surface area contributed by atoms with Gasteiger partial charge in [-0.25, -0.2) is 4.98 Å². The highest BCUT2D eigenvalue weighted by molar-refractivity contribution is 7.18. The standard InChI is InChI=1S/C12H14N2O4S/c1-8-5-9-11(19-8)13-7-14(12(9)16)6-10(15)18-4-3-17-2/h5,7H,3-4,6H2,1-2H3. The maximum Gasteiger partial charge on any atom is 0.326 e. The van der Waals surface area contributed by atoms with E-state index in [4.69, 9.17) is 9.47 Å². The van der Waals surface area contributed by atoms with E-state index in [0.29, 0.717) is 16.8 Å². The van der Waals surface area contributed by atoms with Crippen LogP contribution in [-0.2, 0) is 20.8 Å². The molecule has 0 N–H and O–H groups in total. The topological polar surface area (TPSA) is 70.4 Å². The van der Waals surface area contributed by atoms with Gasteiger partial charge in [-0.15, -0.1) is 11.3 Å². The van der Waals surface area contributed by atoms with Crippen LogP contribution in [0.2, 0.25) is 0 Å². The zero-order valence-corrected chi connectivity index (χ0v) is 11.5. The van der Waals surface area contributed by atoms with Gasteiger partial charge in [0, 0.05) is 12.0 Å². The van der Waals surface area contributed by atoms with Gasteiger partial charge in [0.15, 0.2) is 0 Å². The number of ether oxygens (including phenoxy) is 2. The summed E-state index contributed by atoms with van der Waals surface area (Å²) >= 11 is 1.45. The number of fused-ring (bicyclic) bond motifs is 1. The fourth-order valence-corrected chi connectivity index (χ4v) is 2.45. The van der Waals surface area contributed by atoms with E-state index < -0.39 is 5.97 Å². The van der Waals surface area contributed by atoms with Crippen molar-refractivity contribution in [2.24, 2.45) is 0 Å². The molecule has 102 valence electrons. The lowest BCUT2D eigenvalue weighted by Crippen LogP contribution is -2.25. The van der Waals surface area contributed by atoms with Crippen LogP contribution in [0.1, 0.15) is 4.88 Å². The van der Waals surface area contributed by atoms with E-state index in [1.165, 1.54) is 29.3 Å². The van der Waals surface area contributed by atoms with Crippen molar-refractivity contribution in [3.63, 3.8) is 0 Å². The maximum atomic E-state index is 12.1. The van der Waals surface area contributed by atoms with Crippen LogP contribution >= 0.6 is 11.3 Å². The highest BCUT2D eigenvalue weighted by Gasteiger charge is 2.10. The summed E-state index contributed by atoms with van der Waals surface area (Å²) in [5.41, 5.74) is -0.224. The molecule has 0 aliphatic heterocycles. The second-order valence-electron chi connectivity index (χ2n) is 3.97. The molecule has 0 bridgehead atoms. The molecule has 2 heterocycles. The van der Waals surface area contributed by atoms with Crippen molar-refractivity contribution in [2.75, 3.05) is 20.3 Å². The lowest BCUT2D eigenvalue weighted by molar-refractivity contribution is -0.145. The third kappa shape index (κ3) is 3.18. The van der Waals surface area contributed by atoms with E-state index in [-0.39, 0.29) is 18.7 Å². The molecule has 2 aromatic heterocycles. The van der Waals surface area contributed by atoms with Gasteiger partial charge in [0.25, 0.3) is 5.56 Å². The number of hydrogen-bond acceptors (Lipinski definition) is 6. The van der Waals surface area contributed by atoms with E-state index in [9.17, 15) is 9.59 Å². The molecule has 19 heavy (non-hydrogen) atoms. The Kier molecular flexibility index (Phi) is 4.28. The van der Waals surface area contributed by atoms with Gasteiger partial charge in [0.1, 0.15) is 18.0 Å². The van der Waals surface area contributed by atoms with Gasteiger partial charge >= 0.3 is 5.97 Å². The average Bonchev–Trinajstić information content (AvgIpc) is 2.75. The monoisotopic (exact) mass is 282 g/mol. The number of rotatable bonds is 5. The van der Waals surface area contributed by atoms with Gasteiger partial charge in [-0.05, 0) is 13.0 Å². The van der Waals surface area contributed by atoms with Crippen LogP contribution < -0.4 is 5.56 Å². The molecule has 2 aromatic rings. The van der Waals surface area contributed by atoms with E-state index >= 15 is 0 Å². The van der Waals surface area contributed by atoms with Crippen LogP contribution in [0.25, 0.3) is 10.2 Å². The van der Waals surface area contributed by atoms with E-state index in [1.54, 1.807) is 6.07 Å². The third-order valence-corrected chi connectivity index (χ3v) is 3.45. The number of nitrogens with zero attached hydrogens (tertiary/aromatic N) is 2. The Morgan fingerprint density at radius 3 is 3.00 bits per heavy atom. The van der Waals surface area contributed by atoms with E-state index in [2.05, 4.69) is 4.98 Å². The summed E-state index contributed by atoms with van der Waals surface area (Å²) in [6.45, 7) is 2.29. The number of aromatic nitrogens is 2. The predicted molar refractivity (Wildman–Crippen MR) is 71.5 cm³/mol. The van der Waals surface area contributed by atoms with Crippen molar-refractivity contribution in [1.29, 1.82) is 0 Å². The largest absolute Gasteiger partial charge is 0.462 e. The van der Waals surface area contributed by atoms with Crippen LogP contribution in [0, 0.1) is 6.92 Å². The van der Waals surface area contributed by atoms with Crippen molar-refractivity contribution >= 4 is 27.5 Å². The van der Waals surface area contributed by atoms with Crippen molar-refractivity contribution in [2.45, 2.75) is 13.5 Å². The Bertz CT molecular complexity index is 647. The SMILES string of the molecule is COCCOC(=O)Cn1cnc2sc(C)cc2c1=O. The van der Waals surface area contributed by atoms with Crippen molar-refractivity contribution in [3.8, 4) is 0 Å². The maximum absolute atomic E-state index is 12.1. The highest BCUT2D eigenvalue weighted by atomic mass is 32.1. The molecule has 0 atom stereocenters. The number of carbonyl (C=O) groups is 1. The van der Waals surface area contributed by atoms with Gasteiger partial charge < -0.3 is 9.47 Å². The molecule has 0 spiro atoms. The Morgan fingerprint density at radius 1 is 1.47 bits per heavy atom. The smallest absolute Gasteiger partial charge is 0.326 e. The van der Waals surface area contributed by atoms with Crippen LogP contribution in [0.5, 0.6) is 0 Å². The molecule has 0 aliphatic rings. The minimum Gasteiger partial charge on any atom is -0.462 e. The molecule has 0 fully saturated rings. The molecule has 0 saturated heterocycles. The first-order valence-electron chi connectivity index (χ1n) is 5.72. The number of carbonyl (C=O) groups excluding carboxylic acids is 1. The van der Waals surface area contributed by atoms with Gasteiger partial charge in [0.2, 0.25) is 0 Å². The molecule has 0 saturated carbocycles. The zero-order valence-electron chi connectivity index (χ0n) is 10.7. The highest BCUT2D eigenvalue weighted by Crippen LogP contribution is 2.19. The van der Waals surface area contributed by atoms with Gasteiger partial charge in [-0.3, -0.25) is 14.2 Å². The summed E-state index contributed by atoms with van der Waals surface area (Å²) in [7, 11) is 1.52. The van der Waals surface area contributed by atoms with Crippen LogP contribution in [0.3, 0.4) is 0 Å². The number of esters is 1. The third-order valence-electron chi connectivity index (χ3n) is 2.49. The molecule has 7 heteroatoms. The number of thiophene rings is 1. The molecule has 0 unspecified atom stereocenters. The summed E-state index contributed by atoms with van der Waals surface area (Å²) < 4.78 is 10.9. The van der Waals surface area contributed by atoms with E-state index in [0.717, 1.165) is 4.88 Å². The molecule has 6 nitrogen and oxygen atoms in total. The first-order valence-corrected chi connectivity index (χ1v) is 6.53. The fourth-order valence-electron chi connectivity index (χ4n) is 1.62. The summed E-state index contributed by atoms with van der Waals surface area (Å²) in [4.78, 5) is 29.5. The summed E-state index contributed by atoms with van der Waals surface area (Å²) in [6, 6.07) is 1.78. The van der Waals surface area contributed by atoms with Crippen LogP contribution in [0.15, 0.2) is 17.2 Å². The van der Waals surface area contributed by atoms with Crippen LogP contribution in [0.4, 0.5) is 0 Å². The number of aryl methyl sites for hydroxylation is 1. The Balaban J connectivity index is 2.14. The lowest BCUT2D eigenvalue weighted by Gasteiger charge is -2.05. The molecular formula is C12H14N2O4S. The Labute approximate surface area is 113 Å². The quantitative estimate of drug-likeness (QED) is 0.603. The predicted octanol–water partition coefficient (Wildman–Crippen LogP) is 0.956. The molecule has 0 amide bonds. The van der Waals surface area contributed by atoms with Crippen LogP contribution in [-0.4, -0.2) is 35.8 Å². The first kappa shape index (κ1) is 13.7. The lowest BCUT2D eigenvalue weighted by atomic mass is 10.4. The second kappa shape index (κ2) is 5.94. The average molecular weight is 282 g/mol. The second-order valence-corrected chi connectivity index (χ2v) is 5.20. The van der Waals surface area contributed by atoms with Gasteiger partial charge in [-0.2, -0.15) is 0 Å². The minimum absolute atomic E-state index is 0.139. The van der Waals surface area contributed by atoms with Gasteiger partial charge in [0.05, 0.1) is 18.3 Å². The normalized spacial score (nSPS) is 10.8. The molecule has 2 rings (SSSR count). The van der Waals surface area contributed by atoms with Crippen molar-refractivity contribution < 1.29 is 14.3 Å². The molecular weight excluding hydrogens is 268 g/mol. The van der Waals surface area contributed by atoms with Crippen molar-refractivity contribution in [3.05, 3.63) is 27.6 Å². The summed E-state index contributed by atoms with van der Waals surface area (Å²) in [5, 5.41) is 0.537. The molecule has 0 radical (unpaired) electrons. The van der Waals surface area contributed by atoms with Crippen molar-refractivity contribution in [1.82, 2.24) is 9.55 Å². The van der Waals surface area contributed by atoms with E-state index in [1.807, 2.05) is 6.92 Å². The fraction of sp³-hybridized carbons (Fsp3) is 0.417. The minimum atomic E-state index is -0.479. The first-order chi connectivity index (χ1) is 9.11. The Hall–Kier alpha value is -1.73. The summed E-state index contributed by atoms with van der Waals surface area (Å²) in [6.07, 6.45) is 1.37.